The van der Waals surface area contributed by atoms with Crippen LogP contribution in [0.3, 0.4) is 0 Å². The molecule has 0 aliphatic carbocycles. The van der Waals surface area contributed by atoms with Crippen molar-refractivity contribution in [3.05, 3.63) is 209 Å². The summed E-state index contributed by atoms with van der Waals surface area (Å²) in [5.74, 6) is -1.69. The number of hydrogen-bond acceptors (Lipinski definition) is 12. The quantitative estimate of drug-likeness (QED) is 0.0831. The zero-order valence-electron chi connectivity index (χ0n) is 69.3. The Labute approximate surface area is 715 Å². The van der Waals surface area contributed by atoms with Gasteiger partial charge in [-0.1, -0.05) is 108 Å². The molecule has 8 aliphatic rings. The van der Waals surface area contributed by atoms with Crippen LogP contribution < -0.4 is 0 Å². The van der Waals surface area contributed by atoms with E-state index in [0.29, 0.717) is 240 Å². The van der Waals surface area contributed by atoms with Crippen LogP contribution in [0.5, 0.6) is 0 Å². The maximum atomic E-state index is 13.4. The summed E-state index contributed by atoms with van der Waals surface area (Å²) in [4.78, 5) is 114. The van der Waals surface area contributed by atoms with Gasteiger partial charge in [-0.25, -0.2) is 0 Å². The molecule has 8 aromatic rings. The topological polar surface area (TPSA) is 277 Å². The van der Waals surface area contributed by atoms with Crippen LogP contribution in [0.1, 0.15) is 274 Å². The highest BCUT2D eigenvalue weighted by molar-refractivity contribution is 5.96. The van der Waals surface area contributed by atoms with E-state index in [2.05, 4.69) is 40.8 Å². The number of nitrogens with zero attached hydrogens (tertiary/aromatic N) is 12. The van der Waals surface area contributed by atoms with Gasteiger partial charge in [0.1, 0.15) is 0 Å². The number of likely N-dealkylation sites (tertiary alicyclic amines) is 4. The summed E-state index contributed by atoms with van der Waals surface area (Å²) in [6.07, 6.45) is -9.46. The molecule has 4 N–H and O–H groups in total. The standard InChI is InChI=1S/C23H27F3N4O2.2C22H25F3N4O2.C21H23F3N4O2.CH4/c1-2-20(31)30-11-5-8-19-17(14-30)21(28-27-19)22(32)29-12-9-15(10-13-29)16-6-3-4-7-18(16)23(24,25)26;1-2-19(30)29-12-9-18-16(13-29)20(27-26-18)21(31)28-10-7-14(8-11-28)15-5-3-4-6-17(15)22(23,24)25;1-2-19(30)29-12-9-16-18(13-29)26-27-20(16)21(31)28-10-7-14(8-11-28)15-5-3-4-6-17(15)22(23,24)25;1-2-18(29)28-11-15-17(12-28)25-26-19(15)20(30)27-9-7-13(8-10-27)14-5-3-4-6-16(14)21(22,23)24;/h3-4,6-7,15H,2,5,8-14H2,1H3,(H,27,28);2*3-6,14H,2,7-13H2,1H3,(H,26,27);3-6,13H,2,7-12H2,1H3,(H,25,26);1H4. The van der Waals surface area contributed by atoms with E-state index in [0.717, 1.165) is 82.1 Å². The van der Waals surface area contributed by atoms with Crippen LogP contribution in [0, 0.1) is 0 Å². The number of benzene rings is 4. The molecule has 0 atom stereocenters. The van der Waals surface area contributed by atoms with Crippen molar-refractivity contribution in [1.29, 1.82) is 0 Å². The largest absolute Gasteiger partial charge is 0.416 e. The molecule has 8 amide bonds. The first-order valence-corrected chi connectivity index (χ1v) is 42.3. The fraction of sp³-hybridized carbons (Fsp3) is 0.506. The summed E-state index contributed by atoms with van der Waals surface area (Å²) in [5, 5.41) is 28.5. The first-order valence-electron chi connectivity index (χ1n) is 42.3. The molecule has 12 heterocycles. The van der Waals surface area contributed by atoms with Crippen molar-refractivity contribution < 1.29 is 91.0 Å². The Kier molecular flexibility index (Phi) is 29.3. The monoisotopic (exact) mass is 1750 g/mol. The van der Waals surface area contributed by atoms with Crippen LogP contribution in [-0.4, -0.2) is 199 Å². The molecule has 8 aliphatic heterocycles. The van der Waals surface area contributed by atoms with Gasteiger partial charge in [-0.2, -0.15) is 73.1 Å². The van der Waals surface area contributed by atoms with E-state index in [-0.39, 0.29) is 78.4 Å². The van der Waals surface area contributed by atoms with Crippen LogP contribution in [-0.2, 0) is 95.9 Å². The number of amides is 8. The number of carbonyl (C=O) groups is 8. The summed E-state index contributed by atoms with van der Waals surface area (Å²) in [7, 11) is 0. The summed E-state index contributed by atoms with van der Waals surface area (Å²) in [6, 6.07) is 22.7. The number of hydrogen-bond donors (Lipinski definition) is 4. The van der Waals surface area contributed by atoms with Gasteiger partial charge in [-0.05, 0) is 141 Å². The Morgan fingerprint density at radius 1 is 0.296 bits per heavy atom. The highest BCUT2D eigenvalue weighted by Crippen LogP contribution is 2.45. The third-order valence-electron chi connectivity index (χ3n) is 25.1. The predicted octanol–water partition coefficient (Wildman–Crippen LogP) is 16.0. The van der Waals surface area contributed by atoms with Crippen LogP contribution in [0.2, 0.25) is 0 Å². The number of piperidine rings is 4. The molecule has 125 heavy (non-hydrogen) atoms. The number of nitrogens with one attached hydrogen (secondary N) is 4. The van der Waals surface area contributed by atoms with Crippen molar-refractivity contribution in [3.63, 3.8) is 0 Å². The minimum absolute atomic E-state index is 0. The molecule has 4 saturated heterocycles. The van der Waals surface area contributed by atoms with Gasteiger partial charge in [0.25, 0.3) is 23.6 Å². The number of alkyl halides is 12. The number of aromatic amines is 4. The molecule has 4 aromatic carbocycles. The number of rotatable bonds is 12. The first-order chi connectivity index (χ1) is 59.2. The Balaban J connectivity index is 0.000000151. The number of aromatic nitrogens is 8. The molecule has 0 radical (unpaired) electrons. The second-order valence-corrected chi connectivity index (χ2v) is 32.4. The van der Waals surface area contributed by atoms with Gasteiger partial charge in [-0.3, -0.25) is 58.8 Å². The minimum atomic E-state index is -4.39. The van der Waals surface area contributed by atoms with E-state index in [1.807, 2.05) is 13.8 Å². The number of fused-ring (bicyclic) bond motifs is 4. The molecule has 0 bridgehead atoms. The normalized spacial score (nSPS) is 17.4. The molecule has 0 unspecified atom stereocenters. The molecule has 36 heteroatoms. The SMILES string of the molecule is C.CCC(=O)N1CCCc2[nH]nc(C(=O)N3CCC(c4ccccc4C(F)(F)F)CC3)c2C1.CCC(=O)N1CCc2[nH]nc(C(=O)N3CCC(c4ccccc4C(F)(F)F)CC3)c2C1.CCC(=O)N1CCc2c(C(=O)N3CCC(c4ccccc4C(F)(F)F)CC3)n[nH]c2C1.CCC(=O)N1Cc2[nH]nc(C(=O)N3CCC(c4ccccc4C(F)(F)F)CC3)c2C1. The highest BCUT2D eigenvalue weighted by Gasteiger charge is 2.44. The van der Waals surface area contributed by atoms with E-state index in [1.165, 1.54) is 42.5 Å². The molecule has 4 aromatic heterocycles. The molecule has 0 saturated carbocycles. The molecule has 24 nitrogen and oxygen atoms in total. The maximum absolute atomic E-state index is 13.4. The molecule has 672 valence electrons. The van der Waals surface area contributed by atoms with Gasteiger partial charge in [0, 0.05) is 151 Å². The number of carbonyl (C=O) groups excluding carboxylic acids is 8. The van der Waals surface area contributed by atoms with E-state index in [4.69, 9.17) is 0 Å². The van der Waals surface area contributed by atoms with Crippen LogP contribution in [0.25, 0.3) is 0 Å². The van der Waals surface area contributed by atoms with E-state index in [9.17, 15) is 91.0 Å². The summed E-state index contributed by atoms with van der Waals surface area (Å²) in [5.41, 5.74) is 6.56. The second kappa shape index (κ2) is 39.5. The summed E-state index contributed by atoms with van der Waals surface area (Å²) < 4.78 is 160. The van der Waals surface area contributed by atoms with Gasteiger partial charge >= 0.3 is 24.7 Å². The number of aryl methyl sites for hydroxylation is 1. The molecular formula is C89H104F12N16O8. The van der Waals surface area contributed by atoms with Crippen molar-refractivity contribution in [3.8, 4) is 0 Å². The van der Waals surface area contributed by atoms with Crippen molar-refractivity contribution >= 4 is 47.3 Å². The fourth-order valence-electron chi connectivity index (χ4n) is 18.3. The fourth-order valence-corrected chi connectivity index (χ4v) is 18.3. The molecular weight excluding hydrogens is 1650 g/mol. The summed E-state index contributed by atoms with van der Waals surface area (Å²) >= 11 is 0. The van der Waals surface area contributed by atoms with Crippen LogP contribution in [0.15, 0.2) is 97.1 Å². The lowest BCUT2D eigenvalue weighted by atomic mass is 9.86. The van der Waals surface area contributed by atoms with Crippen molar-refractivity contribution in [2.24, 2.45) is 0 Å². The Bertz CT molecular complexity index is 5170. The average Bonchev–Trinajstić information content (AvgIpc) is 1.68. The van der Waals surface area contributed by atoms with Gasteiger partial charge in [0.2, 0.25) is 23.6 Å². The Hall–Kier alpha value is -11.4. The van der Waals surface area contributed by atoms with E-state index in [1.54, 1.807) is 83.4 Å². The zero-order chi connectivity index (χ0) is 88.7. The number of halogens is 12. The molecule has 16 rings (SSSR count). The minimum Gasteiger partial charge on any atom is -0.338 e. The zero-order valence-corrected chi connectivity index (χ0v) is 69.3. The smallest absolute Gasteiger partial charge is 0.338 e. The third kappa shape index (κ3) is 20.9. The Morgan fingerprint density at radius 3 is 0.856 bits per heavy atom. The molecule has 0 spiro atoms. The van der Waals surface area contributed by atoms with Crippen molar-refractivity contribution in [1.82, 2.24) is 80.0 Å². The number of H-pyrrole nitrogens is 4. The lowest BCUT2D eigenvalue weighted by Gasteiger charge is -2.33. The van der Waals surface area contributed by atoms with Gasteiger partial charge < -0.3 is 39.2 Å². The van der Waals surface area contributed by atoms with Gasteiger partial charge in [0.15, 0.2) is 22.8 Å². The maximum Gasteiger partial charge on any atom is 0.416 e. The molecule has 4 fully saturated rings. The predicted molar refractivity (Wildman–Crippen MR) is 436 cm³/mol. The van der Waals surface area contributed by atoms with E-state index >= 15 is 0 Å². The van der Waals surface area contributed by atoms with Crippen LogP contribution in [0.4, 0.5) is 52.7 Å². The Morgan fingerprint density at radius 2 is 0.536 bits per heavy atom. The van der Waals surface area contributed by atoms with E-state index < -0.39 is 47.0 Å². The third-order valence-corrected chi connectivity index (χ3v) is 25.1. The first kappa shape index (κ1) is 92.8. The lowest BCUT2D eigenvalue weighted by molar-refractivity contribution is -0.139. The summed E-state index contributed by atoms with van der Waals surface area (Å²) in [6.45, 7) is 13.9. The van der Waals surface area contributed by atoms with Crippen LogP contribution >= 0.6 is 0 Å². The highest BCUT2D eigenvalue weighted by atomic mass is 19.4. The van der Waals surface area contributed by atoms with Gasteiger partial charge in [-0.15, -0.1) is 0 Å². The van der Waals surface area contributed by atoms with Crippen molar-refractivity contribution in [2.45, 2.75) is 219 Å². The second-order valence-electron chi connectivity index (χ2n) is 32.4. The van der Waals surface area contributed by atoms with Gasteiger partial charge in [0.05, 0.1) is 53.3 Å². The van der Waals surface area contributed by atoms with Crippen molar-refractivity contribution in [2.75, 3.05) is 72.0 Å². The average molecular weight is 1750 g/mol. The lowest BCUT2D eigenvalue weighted by Crippen LogP contribution is -2.40.